The molecule has 420 valence electrons. The number of aliphatic hydroxyl groups excluding tert-OH is 4. The van der Waals surface area contributed by atoms with Gasteiger partial charge in [0, 0.05) is 21.7 Å². The van der Waals surface area contributed by atoms with Crippen LogP contribution in [0.4, 0.5) is 0 Å². The number of fused-ring (bicyclic) bond motifs is 12. The van der Waals surface area contributed by atoms with Gasteiger partial charge in [-0.3, -0.25) is 0 Å². The molecule has 12 heterocycles. The quantitative estimate of drug-likeness (QED) is 0.291. The molecular formula is C48H80O24Ti. The van der Waals surface area contributed by atoms with E-state index in [0.29, 0.717) is 0 Å². The molecule has 0 spiro atoms. The molecule has 12 aliphatic rings. The molecule has 0 aliphatic carbocycles. The van der Waals surface area contributed by atoms with Crippen LogP contribution in [0.2, 0.25) is 0 Å². The van der Waals surface area contributed by atoms with Gasteiger partial charge in [0.25, 0.3) is 0 Å². The number of hydrogen-bond acceptors (Lipinski definition) is 24. The zero-order valence-electron chi connectivity index (χ0n) is 44.8. The fraction of sp³-hybridized carbons (Fsp3) is 1.00. The molecule has 12 aliphatic heterocycles. The van der Waals surface area contributed by atoms with Crippen molar-refractivity contribution in [1.29, 1.82) is 0 Å². The van der Waals surface area contributed by atoms with Crippen molar-refractivity contribution in [2.45, 2.75) is 280 Å². The predicted octanol–water partition coefficient (Wildman–Crippen LogP) is 1.50. The minimum absolute atomic E-state index is 0. The molecule has 0 aromatic carbocycles. The average Bonchev–Trinajstić information content (AvgIpc) is 4.13. The zero-order chi connectivity index (χ0) is 52.5. The van der Waals surface area contributed by atoms with E-state index in [0.717, 1.165) is 0 Å². The maximum Gasteiger partial charge on any atom is 0.190 e. The Kier molecular flexibility index (Phi) is 16.7. The molecule has 0 amide bonds. The summed E-state index contributed by atoms with van der Waals surface area (Å²) >= 11 is 0. The summed E-state index contributed by atoms with van der Waals surface area (Å²) in [4.78, 5) is 0. The van der Waals surface area contributed by atoms with E-state index in [9.17, 15) is 20.4 Å². The topological polar surface area (TPSA) is 266 Å². The van der Waals surface area contributed by atoms with Crippen molar-refractivity contribution in [2.24, 2.45) is 0 Å². The van der Waals surface area contributed by atoms with Gasteiger partial charge in [-0.25, -0.2) is 0 Å². The molecule has 4 N–H and O–H groups in total. The smallest absolute Gasteiger partial charge is 0.190 e. The van der Waals surface area contributed by atoms with E-state index in [2.05, 4.69) is 0 Å². The first kappa shape index (κ1) is 58.9. The van der Waals surface area contributed by atoms with Crippen LogP contribution in [0.3, 0.4) is 0 Å². The third-order valence-electron chi connectivity index (χ3n) is 13.7. The third kappa shape index (κ3) is 12.4. The largest absolute Gasteiger partial charge is 0.394 e. The SMILES string of the molecule is CC1(C)O[C@H]2[C@@H](O1)[C@@H](CO)O[C@@H]1OC(C)(C)O[C@@H]12.CC1(C)O[C@H]2[C@@H](O1)[C@@H](CO)O[C@@H]1OC(C)(C)O[C@@H]12.CC1(C)O[C@H]2[C@@H](O1)[C@@H](CO)O[C@@H]1OC(C)(C)O[C@@H]12.CC1(C)O[C@H]2[C@@H](O1)[C@@H](CO)O[C@@H]1OC(C)(C)O[C@@H]12.[Ti]. The monoisotopic (exact) mass is 1090 g/mol. The molecule has 20 atom stereocenters. The van der Waals surface area contributed by atoms with Gasteiger partial charge in [0.2, 0.25) is 0 Å². The van der Waals surface area contributed by atoms with Gasteiger partial charge in [-0.15, -0.1) is 0 Å². The first-order valence-electron chi connectivity index (χ1n) is 25.2. The molecule has 0 unspecified atom stereocenters. The number of ether oxygens (including phenoxy) is 20. The molecule has 12 rings (SSSR count). The first-order valence-corrected chi connectivity index (χ1v) is 25.2. The Morgan fingerprint density at radius 2 is 0.356 bits per heavy atom. The summed E-state index contributed by atoms with van der Waals surface area (Å²) in [6.07, 6.45) is -7.60. The van der Waals surface area contributed by atoms with Gasteiger partial charge in [-0.2, -0.15) is 0 Å². The molecule has 0 radical (unpaired) electrons. The van der Waals surface area contributed by atoms with Crippen molar-refractivity contribution in [2.75, 3.05) is 26.4 Å². The van der Waals surface area contributed by atoms with E-state index in [-0.39, 0.29) is 121 Å². The summed E-state index contributed by atoms with van der Waals surface area (Å²) in [7, 11) is 0. The molecule has 0 bridgehead atoms. The normalized spacial score (nSPS) is 48.2. The van der Waals surface area contributed by atoms with Gasteiger partial charge in [0.15, 0.2) is 71.5 Å². The maximum atomic E-state index is 9.40. The van der Waals surface area contributed by atoms with Crippen molar-refractivity contribution in [3.8, 4) is 0 Å². The van der Waals surface area contributed by atoms with Crippen LogP contribution in [-0.4, -0.2) is 216 Å². The zero-order valence-corrected chi connectivity index (χ0v) is 46.4. The molecule has 73 heavy (non-hydrogen) atoms. The summed E-state index contributed by atoms with van der Waals surface area (Å²) < 4.78 is 115. The van der Waals surface area contributed by atoms with Gasteiger partial charge in [0.05, 0.1) is 26.4 Å². The van der Waals surface area contributed by atoms with E-state index >= 15 is 0 Å². The van der Waals surface area contributed by atoms with Crippen LogP contribution in [0.25, 0.3) is 0 Å². The summed E-state index contributed by atoms with van der Waals surface area (Å²) in [6.45, 7) is 28.9. The van der Waals surface area contributed by atoms with E-state index in [4.69, 9.17) is 94.7 Å². The number of hydrogen-bond donors (Lipinski definition) is 4. The predicted molar refractivity (Wildman–Crippen MR) is 238 cm³/mol. The number of aliphatic hydroxyl groups is 4. The van der Waals surface area contributed by atoms with Crippen LogP contribution in [0.15, 0.2) is 0 Å². The molecule has 0 aromatic rings. The Labute approximate surface area is 441 Å². The summed E-state index contributed by atoms with van der Waals surface area (Å²) in [5, 5.41) is 37.6. The molecule has 0 saturated carbocycles. The van der Waals surface area contributed by atoms with Gasteiger partial charge >= 0.3 is 0 Å². The minimum Gasteiger partial charge on any atom is -0.394 e. The van der Waals surface area contributed by atoms with Crippen molar-refractivity contribution in [1.82, 2.24) is 0 Å². The van der Waals surface area contributed by atoms with E-state index < -0.39 is 95.9 Å². The van der Waals surface area contributed by atoms with Crippen LogP contribution < -0.4 is 0 Å². The van der Waals surface area contributed by atoms with Crippen molar-refractivity contribution in [3.63, 3.8) is 0 Å². The van der Waals surface area contributed by atoms with Gasteiger partial charge in [-0.05, 0) is 111 Å². The Bertz CT molecular complexity index is 1640. The second kappa shape index (κ2) is 20.7. The Morgan fingerprint density at radius 1 is 0.219 bits per heavy atom. The molecule has 12 fully saturated rings. The third-order valence-corrected chi connectivity index (χ3v) is 13.7. The van der Waals surface area contributed by atoms with Gasteiger partial charge in [-0.1, -0.05) is 0 Å². The van der Waals surface area contributed by atoms with Crippen LogP contribution in [-0.2, 0) is 116 Å². The second-order valence-electron chi connectivity index (χ2n) is 23.6. The standard InChI is InChI=1S/4C12H20O6.Ti/c4*1-11(2)15-7-6(5-13)14-10-9(8(7)16-11)17-12(3,4)18-10;/h4*6-10,13H,5H2,1-4H3;/t4*6-,7+,8+,9-,10-;/m1111./s1. The van der Waals surface area contributed by atoms with Crippen LogP contribution in [0.5, 0.6) is 0 Å². The minimum atomic E-state index is -0.708. The molecule has 12 saturated heterocycles. The molecular weight excluding hydrogens is 1010 g/mol. The maximum absolute atomic E-state index is 9.40. The van der Waals surface area contributed by atoms with E-state index in [1.165, 1.54) is 0 Å². The molecule has 0 aromatic heterocycles. The van der Waals surface area contributed by atoms with E-state index in [1.54, 1.807) is 0 Å². The Hall–Kier alpha value is -0.246. The molecule has 25 heteroatoms. The van der Waals surface area contributed by atoms with Crippen LogP contribution in [0.1, 0.15) is 111 Å². The first-order chi connectivity index (χ1) is 33.2. The Morgan fingerprint density at radius 3 is 0.521 bits per heavy atom. The van der Waals surface area contributed by atoms with Crippen LogP contribution in [0, 0.1) is 0 Å². The Balaban J connectivity index is 0.000000129. The van der Waals surface area contributed by atoms with E-state index in [1.807, 2.05) is 111 Å². The second-order valence-corrected chi connectivity index (χ2v) is 23.6. The summed E-state index contributed by atoms with van der Waals surface area (Å²) in [5.74, 6) is -5.62. The summed E-state index contributed by atoms with van der Waals surface area (Å²) in [5.41, 5.74) is 0. The number of rotatable bonds is 4. The van der Waals surface area contributed by atoms with Gasteiger partial charge < -0.3 is 115 Å². The summed E-state index contributed by atoms with van der Waals surface area (Å²) in [6, 6.07) is 0. The fourth-order valence-corrected chi connectivity index (χ4v) is 11.4. The fourth-order valence-electron chi connectivity index (χ4n) is 11.4. The van der Waals surface area contributed by atoms with Gasteiger partial charge in [0.1, 0.15) is 97.7 Å². The van der Waals surface area contributed by atoms with Crippen molar-refractivity contribution >= 4 is 0 Å². The van der Waals surface area contributed by atoms with Crippen molar-refractivity contribution in [3.05, 3.63) is 0 Å². The average molecular weight is 1090 g/mol. The van der Waals surface area contributed by atoms with Crippen LogP contribution >= 0.6 is 0 Å². The molecule has 24 nitrogen and oxygen atoms in total. The van der Waals surface area contributed by atoms with Crippen molar-refractivity contribution < 1.29 is 137 Å².